The number of nitro benzene ring substituents is 1. The highest BCUT2D eigenvalue weighted by atomic mass is 16.6. The molecule has 2 rings (SSSR count). The third-order valence-corrected chi connectivity index (χ3v) is 4.03. The average molecular weight is 398 g/mol. The number of pyridine rings is 1. The van der Waals surface area contributed by atoms with Crippen molar-refractivity contribution in [3.63, 3.8) is 0 Å². The molecule has 0 unspecified atom stereocenters. The number of amides is 1. The number of hydrogen-bond acceptors (Lipinski definition) is 8. The Bertz CT molecular complexity index is 1040. The zero-order chi connectivity index (χ0) is 21.7. The van der Waals surface area contributed by atoms with Crippen molar-refractivity contribution in [2.75, 3.05) is 14.2 Å². The summed E-state index contributed by atoms with van der Waals surface area (Å²) >= 11 is 0. The van der Waals surface area contributed by atoms with Crippen LogP contribution in [-0.2, 0) is 11.3 Å². The fourth-order valence-corrected chi connectivity index (χ4v) is 2.56. The number of carbonyl (C=O) groups is 1. The van der Waals surface area contributed by atoms with Gasteiger partial charge in [0, 0.05) is 24.9 Å². The maximum Gasteiger partial charge on any atom is 0.315 e. The molecule has 0 aliphatic heterocycles. The topological polar surface area (TPSA) is 150 Å². The Balaban J connectivity index is 2.45. The van der Waals surface area contributed by atoms with Gasteiger partial charge < -0.3 is 19.8 Å². The summed E-state index contributed by atoms with van der Waals surface area (Å²) in [4.78, 5) is 28.2. The van der Waals surface area contributed by atoms with Crippen LogP contribution in [0.1, 0.15) is 16.8 Å². The third kappa shape index (κ3) is 4.59. The predicted octanol–water partition coefficient (Wildman–Crippen LogP) is 2.46. The Morgan fingerprint density at radius 3 is 2.66 bits per heavy atom. The van der Waals surface area contributed by atoms with Crippen molar-refractivity contribution in [3.8, 4) is 17.6 Å². The van der Waals surface area contributed by atoms with Crippen molar-refractivity contribution in [3.05, 3.63) is 63.0 Å². The lowest BCUT2D eigenvalue weighted by molar-refractivity contribution is -0.386. The van der Waals surface area contributed by atoms with E-state index in [1.54, 1.807) is 24.4 Å². The number of rotatable bonds is 6. The molecule has 0 atom stereocenters. The number of carbonyl (C=O) groups excluding carboxylic acids is 1. The van der Waals surface area contributed by atoms with Gasteiger partial charge in [0.05, 0.1) is 24.3 Å². The zero-order valence-corrected chi connectivity index (χ0v) is 15.9. The number of phenolic OH excluding ortho intramolecular Hbond substituents is 1. The molecule has 0 radical (unpaired) electrons. The maximum atomic E-state index is 12.7. The Kier molecular flexibility index (Phi) is 6.36. The highest BCUT2D eigenvalue weighted by molar-refractivity contribution is 6.03. The van der Waals surface area contributed by atoms with Crippen molar-refractivity contribution in [1.29, 1.82) is 5.26 Å². The van der Waals surface area contributed by atoms with Crippen molar-refractivity contribution >= 4 is 17.4 Å². The number of aromatic hydroxyl groups is 1. The van der Waals surface area contributed by atoms with E-state index in [0.717, 1.165) is 17.7 Å². The average Bonchev–Trinajstić information content (AvgIpc) is 2.68. The van der Waals surface area contributed by atoms with E-state index in [9.17, 15) is 30.4 Å². The van der Waals surface area contributed by atoms with Gasteiger partial charge in [-0.3, -0.25) is 19.9 Å². The lowest BCUT2D eigenvalue weighted by Crippen LogP contribution is -2.28. The first kappa shape index (κ1) is 21.2. The monoisotopic (exact) mass is 398 g/mol. The van der Waals surface area contributed by atoms with Crippen LogP contribution in [0.2, 0.25) is 0 Å². The number of aliphatic hydroxyl groups excluding tert-OH is 1. The Hall–Kier alpha value is -4.13. The van der Waals surface area contributed by atoms with Crippen LogP contribution >= 0.6 is 0 Å². The number of nitro groups is 1. The summed E-state index contributed by atoms with van der Waals surface area (Å²) in [6.45, 7) is 1.95. The number of aliphatic hydroxyl groups is 1. The van der Waals surface area contributed by atoms with Crippen LogP contribution in [0.15, 0.2) is 36.0 Å². The molecule has 2 N–H and O–H groups in total. The summed E-state index contributed by atoms with van der Waals surface area (Å²) in [7, 11) is 2.60. The highest BCUT2D eigenvalue weighted by Crippen LogP contribution is 2.38. The van der Waals surface area contributed by atoms with Gasteiger partial charge in [0.2, 0.25) is 5.75 Å². The Morgan fingerprint density at radius 2 is 2.10 bits per heavy atom. The predicted molar refractivity (Wildman–Crippen MR) is 102 cm³/mol. The third-order valence-electron chi connectivity index (χ3n) is 4.03. The second-order valence-corrected chi connectivity index (χ2v) is 6.12. The van der Waals surface area contributed by atoms with Gasteiger partial charge in [0.15, 0.2) is 11.3 Å². The van der Waals surface area contributed by atoms with Gasteiger partial charge in [-0.25, -0.2) is 0 Å². The van der Waals surface area contributed by atoms with Crippen molar-refractivity contribution in [1.82, 2.24) is 9.88 Å². The zero-order valence-electron chi connectivity index (χ0n) is 15.9. The van der Waals surface area contributed by atoms with E-state index in [2.05, 4.69) is 4.98 Å². The number of ether oxygens (including phenoxy) is 1. The molecule has 29 heavy (non-hydrogen) atoms. The number of methoxy groups -OCH3 is 1. The fraction of sp³-hybridized carbons (Fsp3) is 0.211. The number of phenols is 1. The largest absolute Gasteiger partial charge is 0.506 e. The van der Waals surface area contributed by atoms with E-state index in [-0.39, 0.29) is 17.9 Å². The number of hydrogen-bond donors (Lipinski definition) is 2. The second kappa shape index (κ2) is 8.71. The number of nitriles is 1. The van der Waals surface area contributed by atoms with Crippen molar-refractivity contribution in [2.24, 2.45) is 0 Å². The van der Waals surface area contributed by atoms with Gasteiger partial charge in [0.1, 0.15) is 11.8 Å². The highest BCUT2D eigenvalue weighted by Gasteiger charge is 2.25. The Morgan fingerprint density at radius 1 is 1.41 bits per heavy atom. The van der Waals surface area contributed by atoms with Crippen LogP contribution in [0.4, 0.5) is 5.69 Å². The van der Waals surface area contributed by atoms with Crippen LogP contribution in [-0.4, -0.2) is 45.1 Å². The lowest BCUT2D eigenvalue weighted by atomic mass is 10.1. The van der Waals surface area contributed by atoms with E-state index in [1.165, 1.54) is 19.1 Å². The summed E-state index contributed by atoms with van der Waals surface area (Å²) in [5, 5.41) is 40.8. The molecule has 1 aromatic heterocycles. The van der Waals surface area contributed by atoms with Crippen LogP contribution < -0.4 is 4.74 Å². The normalized spacial score (nSPS) is 11.2. The van der Waals surface area contributed by atoms with Gasteiger partial charge in [-0.2, -0.15) is 5.26 Å². The molecular weight excluding hydrogens is 380 g/mol. The molecule has 0 saturated carbocycles. The van der Waals surface area contributed by atoms with E-state index < -0.39 is 33.6 Å². The lowest BCUT2D eigenvalue weighted by Gasteiger charge is -2.17. The summed E-state index contributed by atoms with van der Waals surface area (Å²) in [6.07, 6.45) is 1.59. The number of aryl methyl sites for hydroxylation is 1. The first-order valence-corrected chi connectivity index (χ1v) is 8.25. The van der Waals surface area contributed by atoms with Crippen molar-refractivity contribution in [2.45, 2.75) is 13.5 Å². The molecule has 0 fully saturated rings. The number of benzene rings is 1. The molecule has 1 aromatic carbocycles. The van der Waals surface area contributed by atoms with Crippen LogP contribution in [0, 0.1) is 28.4 Å². The molecule has 2 aromatic rings. The van der Waals surface area contributed by atoms with Gasteiger partial charge >= 0.3 is 5.69 Å². The summed E-state index contributed by atoms with van der Waals surface area (Å²) in [5.74, 6) is -2.60. The molecular formula is C19H18N4O6. The van der Waals surface area contributed by atoms with Gasteiger partial charge in [-0.05, 0) is 30.7 Å². The Labute approximate surface area is 166 Å². The van der Waals surface area contributed by atoms with E-state index in [1.807, 2.05) is 6.92 Å². The molecule has 0 aliphatic carbocycles. The first-order chi connectivity index (χ1) is 13.7. The number of nitrogens with zero attached hydrogens (tertiary/aromatic N) is 4. The van der Waals surface area contributed by atoms with Gasteiger partial charge in [-0.15, -0.1) is 0 Å². The van der Waals surface area contributed by atoms with Crippen molar-refractivity contribution < 1.29 is 24.7 Å². The molecule has 10 heteroatoms. The molecule has 1 amide bonds. The van der Waals surface area contributed by atoms with Gasteiger partial charge in [0.25, 0.3) is 5.91 Å². The minimum atomic E-state index is -0.877. The molecule has 150 valence electrons. The number of aromatic nitrogens is 1. The molecule has 1 heterocycles. The first-order valence-electron chi connectivity index (χ1n) is 8.25. The molecule has 0 aliphatic rings. The SMILES string of the molecule is COc1cc(/C(O)=C(\C#N)C(=O)N(C)Cc2cc(C)ccn2)cc([N+](=O)[O-])c1O. The second-order valence-electron chi connectivity index (χ2n) is 6.12. The molecule has 0 saturated heterocycles. The minimum Gasteiger partial charge on any atom is -0.506 e. The summed E-state index contributed by atoms with van der Waals surface area (Å²) < 4.78 is 4.86. The van der Waals surface area contributed by atoms with Crippen LogP contribution in [0.25, 0.3) is 5.76 Å². The maximum absolute atomic E-state index is 12.7. The smallest absolute Gasteiger partial charge is 0.315 e. The molecule has 0 spiro atoms. The summed E-state index contributed by atoms with van der Waals surface area (Å²) in [6, 6.07) is 7.12. The van der Waals surface area contributed by atoms with E-state index in [4.69, 9.17) is 4.74 Å². The standard InChI is InChI=1S/C19H18N4O6/c1-11-4-5-21-13(6-11)10-22(2)19(26)14(9-20)17(24)12-7-15(23(27)28)18(25)16(8-12)29-3/h4-8,24-25H,10H2,1-3H3/b17-14-. The van der Waals surface area contributed by atoms with Crippen LogP contribution in [0.5, 0.6) is 11.5 Å². The minimum absolute atomic E-state index is 0.0814. The van der Waals surface area contributed by atoms with E-state index in [0.29, 0.717) is 5.69 Å². The quantitative estimate of drug-likeness (QED) is 0.248. The van der Waals surface area contributed by atoms with Crippen LogP contribution in [0.3, 0.4) is 0 Å². The van der Waals surface area contributed by atoms with E-state index >= 15 is 0 Å². The number of likely N-dealkylation sites (N-methyl/N-ethyl adjacent to an activating group) is 1. The van der Waals surface area contributed by atoms with Gasteiger partial charge in [-0.1, -0.05) is 0 Å². The summed E-state index contributed by atoms with van der Waals surface area (Å²) in [5.41, 5.74) is -0.0636. The molecule has 10 nitrogen and oxygen atoms in total. The molecule has 0 bridgehead atoms. The fourth-order valence-electron chi connectivity index (χ4n) is 2.56.